The minimum Gasteiger partial charge on any atom is -0.345 e. The number of rotatable bonds is 6. The number of hydrogen-bond acceptors (Lipinski definition) is 3. The highest BCUT2D eigenvalue weighted by Gasteiger charge is 2.25. The van der Waals surface area contributed by atoms with Crippen molar-refractivity contribution in [1.29, 1.82) is 0 Å². The highest BCUT2D eigenvalue weighted by Crippen LogP contribution is 2.32. The van der Waals surface area contributed by atoms with E-state index in [1.54, 1.807) is 0 Å². The number of carbonyl (C=O) groups excluding carboxylic acids is 1. The average molecular weight is 424 g/mol. The average Bonchev–Trinajstić information content (AvgIpc) is 2.85. The van der Waals surface area contributed by atoms with Crippen molar-refractivity contribution < 1.29 is 4.79 Å². The van der Waals surface area contributed by atoms with Crippen molar-refractivity contribution in [1.82, 2.24) is 15.1 Å². The van der Waals surface area contributed by atoms with Crippen molar-refractivity contribution in [3.05, 3.63) is 112 Å². The largest absolute Gasteiger partial charge is 0.345 e. The van der Waals surface area contributed by atoms with Gasteiger partial charge in [-0.2, -0.15) is 5.10 Å². The van der Waals surface area contributed by atoms with Crippen molar-refractivity contribution in [2.45, 2.75) is 26.4 Å². The zero-order valence-corrected chi connectivity index (χ0v) is 18.2. The van der Waals surface area contributed by atoms with Crippen LogP contribution in [0, 0.1) is 0 Å². The van der Waals surface area contributed by atoms with Gasteiger partial charge in [-0.05, 0) is 25.0 Å². The van der Waals surface area contributed by atoms with E-state index in [1.807, 2.05) is 105 Å². The first-order valence-electron chi connectivity index (χ1n) is 10.7. The van der Waals surface area contributed by atoms with Gasteiger partial charge in [0.2, 0.25) is 0 Å². The van der Waals surface area contributed by atoms with Gasteiger partial charge in [0.05, 0.1) is 11.7 Å². The van der Waals surface area contributed by atoms with E-state index in [4.69, 9.17) is 0 Å². The summed E-state index contributed by atoms with van der Waals surface area (Å²) in [5, 5.41) is 7.66. The quantitative estimate of drug-likeness (QED) is 0.470. The van der Waals surface area contributed by atoms with Gasteiger partial charge in [-0.15, -0.1) is 0 Å². The van der Waals surface area contributed by atoms with Gasteiger partial charge >= 0.3 is 0 Å². The first-order chi connectivity index (χ1) is 15.6. The normalized spacial score (nSPS) is 11.7. The van der Waals surface area contributed by atoms with Crippen molar-refractivity contribution in [3.8, 4) is 22.4 Å². The fourth-order valence-electron chi connectivity index (χ4n) is 3.77. The molecule has 1 atom stereocenters. The fourth-order valence-corrected chi connectivity index (χ4v) is 3.77. The van der Waals surface area contributed by atoms with Crippen LogP contribution < -0.4 is 10.9 Å². The molecule has 0 saturated carbocycles. The van der Waals surface area contributed by atoms with E-state index < -0.39 is 11.5 Å². The molecule has 4 aromatic rings. The van der Waals surface area contributed by atoms with E-state index in [9.17, 15) is 9.59 Å². The van der Waals surface area contributed by atoms with E-state index in [-0.39, 0.29) is 11.6 Å². The second-order valence-electron chi connectivity index (χ2n) is 7.56. The molecule has 0 aliphatic heterocycles. The molecule has 1 heterocycles. The summed E-state index contributed by atoms with van der Waals surface area (Å²) in [6.45, 7) is 4.12. The summed E-state index contributed by atoms with van der Waals surface area (Å²) in [5.74, 6) is -0.410. The van der Waals surface area contributed by atoms with Crippen LogP contribution in [-0.2, 0) is 6.54 Å². The zero-order valence-electron chi connectivity index (χ0n) is 18.2. The molecular formula is C27H25N3O2. The predicted octanol–water partition coefficient (Wildman–Crippen LogP) is 5.09. The molecule has 4 rings (SSSR count). The van der Waals surface area contributed by atoms with Crippen LogP contribution in [0.25, 0.3) is 22.4 Å². The molecular weight excluding hydrogens is 398 g/mol. The minimum atomic E-state index is -0.410. The van der Waals surface area contributed by atoms with Crippen LogP contribution in [0.15, 0.2) is 95.8 Å². The highest BCUT2D eigenvalue weighted by molar-refractivity contribution is 6.03. The Hall–Kier alpha value is -3.99. The second-order valence-corrected chi connectivity index (χ2v) is 7.56. The molecule has 0 aliphatic rings. The maximum Gasteiger partial charge on any atom is 0.280 e. The Kier molecular flexibility index (Phi) is 6.26. The first-order valence-corrected chi connectivity index (χ1v) is 10.7. The third-order valence-electron chi connectivity index (χ3n) is 5.44. The van der Waals surface area contributed by atoms with Gasteiger partial charge in [0.25, 0.3) is 11.5 Å². The number of amides is 1. The van der Waals surface area contributed by atoms with Crippen LogP contribution in [0.3, 0.4) is 0 Å². The lowest BCUT2D eigenvalue weighted by Crippen LogP contribution is -2.36. The van der Waals surface area contributed by atoms with Gasteiger partial charge in [0, 0.05) is 17.7 Å². The van der Waals surface area contributed by atoms with Crippen LogP contribution >= 0.6 is 0 Å². The van der Waals surface area contributed by atoms with Crippen molar-refractivity contribution >= 4 is 5.91 Å². The third-order valence-corrected chi connectivity index (χ3v) is 5.44. The Labute approximate surface area is 187 Å². The smallest absolute Gasteiger partial charge is 0.280 e. The van der Waals surface area contributed by atoms with Gasteiger partial charge in [-0.25, -0.2) is 4.68 Å². The van der Waals surface area contributed by atoms with Crippen molar-refractivity contribution in [3.63, 3.8) is 0 Å². The molecule has 1 amide bonds. The van der Waals surface area contributed by atoms with Gasteiger partial charge < -0.3 is 5.32 Å². The summed E-state index contributed by atoms with van der Waals surface area (Å²) in [6, 6.07) is 28.6. The molecule has 0 aliphatic carbocycles. The first kappa shape index (κ1) is 21.2. The SMILES string of the molecule is CCn1nc(-c2ccccc2)c(-c2ccccc2)c(C(=O)NC(C)c2ccccc2)c1=O. The number of nitrogens with one attached hydrogen (secondary N) is 1. The van der Waals surface area contributed by atoms with Crippen LogP contribution in [0.5, 0.6) is 0 Å². The van der Waals surface area contributed by atoms with E-state index in [1.165, 1.54) is 4.68 Å². The summed E-state index contributed by atoms with van der Waals surface area (Å²) < 4.78 is 1.36. The molecule has 0 radical (unpaired) electrons. The van der Waals surface area contributed by atoms with Crippen LogP contribution in [0.2, 0.25) is 0 Å². The topological polar surface area (TPSA) is 64.0 Å². The molecule has 1 unspecified atom stereocenters. The van der Waals surface area contributed by atoms with Crippen LogP contribution in [0.1, 0.15) is 35.8 Å². The number of aryl methyl sites for hydroxylation is 1. The number of aromatic nitrogens is 2. The summed E-state index contributed by atoms with van der Waals surface area (Å²) in [7, 11) is 0. The number of benzene rings is 3. The Morgan fingerprint density at radius 2 is 1.41 bits per heavy atom. The van der Waals surface area contributed by atoms with Crippen molar-refractivity contribution in [2.75, 3.05) is 0 Å². The summed E-state index contributed by atoms with van der Waals surface area (Å²) >= 11 is 0. The third kappa shape index (κ3) is 4.23. The standard InChI is InChI=1S/C27H25N3O2/c1-3-30-27(32)24(26(31)28-19(2)20-13-7-4-8-14-20)23(21-15-9-5-10-16-21)25(29-30)22-17-11-6-12-18-22/h4-19H,3H2,1-2H3,(H,28,31). The Morgan fingerprint density at radius 1 is 0.875 bits per heavy atom. The van der Waals surface area contributed by atoms with Crippen LogP contribution in [-0.4, -0.2) is 15.7 Å². The Balaban J connectivity index is 1.92. The number of nitrogens with zero attached hydrogens (tertiary/aromatic N) is 2. The van der Waals surface area contributed by atoms with Gasteiger partial charge in [0.15, 0.2) is 0 Å². The Bertz CT molecular complexity index is 1270. The molecule has 0 bridgehead atoms. The summed E-state index contributed by atoms with van der Waals surface area (Å²) in [4.78, 5) is 26.9. The summed E-state index contributed by atoms with van der Waals surface area (Å²) in [5.41, 5.74) is 3.45. The zero-order chi connectivity index (χ0) is 22.5. The van der Waals surface area contributed by atoms with Crippen LogP contribution in [0.4, 0.5) is 0 Å². The molecule has 160 valence electrons. The molecule has 32 heavy (non-hydrogen) atoms. The molecule has 3 aromatic carbocycles. The molecule has 5 heteroatoms. The minimum absolute atomic E-state index is 0.106. The Morgan fingerprint density at radius 3 is 1.97 bits per heavy atom. The summed E-state index contributed by atoms with van der Waals surface area (Å²) in [6.07, 6.45) is 0. The molecule has 1 aromatic heterocycles. The molecule has 1 N–H and O–H groups in total. The molecule has 0 fully saturated rings. The molecule has 0 saturated heterocycles. The maximum absolute atomic E-state index is 13.5. The van der Waals surface area contributed by atoms with Crippen molar-refractivity contribution in [2.24, 2.45) is 0 Å². The number of carbonyl (C=O) groups is 1. The lowest BCUT2D eigenvalue weighted by molar-refractivity contribution is 0.0938. The second kappa shape index (κ2) is 9.43. The van der Waals surface area contributed by atoms with Gasteiger partial charge in [0.1, 0.15) is 5.56 Å². The highest BCUT2D eigenvalue weighted by atomic mass is 16.2. The monoisotopic (exact) mass is 423 g/mol. The lowest BCUT2D eigenvalue weighted by atomic mass is 9.95. The fraction of sp³-hybridized carbons (Fsp3) is 0.148. The van der Waals surface area contributed by atoms with Gasteiger partial charge in [-0.1, -0.05) is 91.0 Å². The van der Waals surface area contributed by atoms with Gasteiger partial charge in [-0.3, -0.25) is 9.59 Å². The van der Waals surface area contributed by atoms with E-state index in [2.05, 4.69) is 10.4 Å². The van der Waals surface area contributed by atoms with E-state index in [0.29, 0.717) is 17.8 Å². The predicted molar refractivity (Wildman–Crippen MR) is 127 cm³/mol. The van der Waals surface area contributed by atoms with E-state index in [0.717, 1.165) is 16.7 Å². The lowest BCUT2D eigenvalue weighted by Gasteiger charge is -2.19. The molecule has 5 nitrogen and oxygen atoms in total. The molecule has 0 spiro atoms. The number of hydrogen-bond donors (Lipinski definition) is 1. The van der Waals surface area contributed by atoms with E-state index >= 15 is 0 Å². The maximum atomic E-state index is 13.5.